The summed E-state index contributed by atoms with van der Waals surface area (Å²) in [4.78, 5) is 0. The lowest BCUT2D eigenvalue weighted by molar-refractivity contribution is 1.01. The Morgan fingerprint density at radius 2 is 0.800 bits per heavy atom. The third-order valence-corrected chi connectivity index (χ3v) is 10.3. The Labute approximate surface area is 153 Å². The molecular weight excluding hydrogens is 319 g/mol. The van der Waals surface area contributed by atoms with Crippen molar-refractivity contribution in [2.24, 2.45) is 0 Å². The minimum Gasteiger partial charge on any atom is -0.0622 e. The summed E-state index contributed by atoms with van der Waals surface area (Å²) in [5.41, 5.74) is 5.15. The number of benzene rings is 3. The van der Waals surface area contributed by atoms with Crippen LogP contribution in [0.25, 0.3) is 0 Å². The molecule has 0 aliphatic carbocycles. The molecule has 3 aromatic carbocycles. The maximum Gasteiger partial charge on any atom is 0.0852 e. The maximum atomic E-state index is 2.43. The van der Waals surface area contributed by atoms with Gasteiger partial charge in [-0.3, -0.25) is 0 Å². The largest absolute Gasteiger partial charge is 0.0852 e. The first-order chi connectivity index (χ1) is 12.2. The molecule has 3 rings (SSSR count). The van der Waals surface area contributed by atoms with Gasteiger partial charge in [-0.1, -0.05) is 91.0 Å². The molecule has 25 heavy (non-hydrogen) atoms. The number of hydrogen-bond donors (Lipinski definition) is 0. The number of hydrogen-bond acceptors (Lipinski definition) is 0. The number of rotatable bonds is 7. The Balaban J connectivity index is 1.97. The summed E-state index contributed by atoms with van der Waals surface area (Å²) >= 11 is 0. The van der Waals surface area contributed by atoms with Gasteiger partial charge < -0.3 is 0 Å². The van der Waals surface area contributed by atoms with Crippen molar-refractivity contribution in [2.45, 2.75) is 38.0 Å². The highest BCUT2D eigenvalue weighted by Crippen LogP contribution is 2.69. The van der Waals surface area contributed by atoms with Crippen LogP contribution in [-0.4, -0.2) is 5.66 Å². The lowest BCUT2D eigenvalue weighted by Crippen LogP contribution is -2.14. The molecule has 0 aromatic heterocycles. The quantitative estimate of drug-likeness (QED) is 0.403. The molecule has 0 atom stereocenters. The summed E-state index contributed by atoms with van der Waals surface area (Å²) in [5.74, 6) is 0. The standard InChI is InChI=1S/C24H28P/c1-21(2)25(18-22-12-6-3-7-13-22,19-23-14-8-4-9-15-23)20-24-16-10-5-11-17-24/h3-17,21H,18-20H2,1-2H3/q+1. The van der Waals surface area contributed by atoms with Gasteiger partial charge in [-0.15, -0.1) is 0 Å². The van der Waals surface area contributed by atoms with Crippen LogP contribution < -0.4 is 0 Å². The van der Waals surface area contributed by atoms with Crippen LogP contribution in [0, 0.1) is 0 Å². The molecule has 0 heterocycles. The van der Waals surface area contributed by atoms with Gasteiger partial charge in [0.05, 0.1) is 24.1 Å². The molecule has 0 saturated carbocycles. The van der Waals surface area contributed by atoms with Gasteiger partial charge in [0, 0.05) is 7.26 Å². The van der Waals surface area contributed by atoms with Crippen molar-refractivity contribution in [1.29, 1.82) is 0 Å². The molecule has 0 saturated heterocycles. The minimum atomic E-state index is -1.23. The first-order valence-corrected chi connectivity index (χ1v) is 11.6. The molecule has 3 aromatic rings. The van der Waals surface area contributed by atoms with Crippen LogP contribution in [0.1, 0.15) is 30.5 Å². The maximum absolute atomic E-state index is 2.43. The highest BCUT2D eigenvalue weighted by molar-refractivity contribution is 7.74. The summed E-state index contributed by atoms with van der Waals surface area (Å²) in [6.45, 7) is 4.87. The highest BCUT2D eigenvalue weighted by Gasteiger charge is 2.41. The van der Waals surface area contributed by atoms with Gasteiger partial charge in [0.25, 0.3) is 0 Å². The molecule has 128 valence electrons. The topological polar surface area (TPSA) is 0 Å². The third kappa shape index (κ3) is 4.80. The van der Waals surface area contributed by atoms with Crippen molar-refractivity contribution in [3.8, 4) is 0 Å². The van der Waals surface area contributed by atoms with Crippen LogP contribution >= 0.6 is 7.26 Å². The van der Waals surface area contributed by atoms with E-state index in [1.54, 1.807) is 0 Å². The minimum absolute atomic E-state index is 0.702. The normalized spacial score (nSPS) is 11.6. The van der Waals surface area contributed by atoms with Crippen molar-refractivity contribution in [2.75, 3.05) is 0 Å². The lowest BCUT2D eigenvalue weighted by Gasteiger charge is -2.32. The van der Waals surface area contributed by atoms with Crippen LogP contribution in [0.5, 0.6) is 0 Å². The van der Waals surface area contributed by atoms with E-state index in [1.165, 1.54) is 35.2 Å². The van der Waals surface area contributed by atoms with E-state index in [0.717, 1.165) is 0 Å². The summed E-state index contributed by atoms with van der Waals surface area (Å²) in [6.07, 6.45) is 3.65. The van der Waals surface area contributed by atoms with E-state index in [-0.39, 0.29) is 0 Å². The van der Waals surface area contributed by atoms with Crippen molar-refractivity contribution >= 4 is 7.26 Å². The van der Waals surface area contributed by atoms with E-state index < -0.39 is 7.26 Å². The Bertz CT molecular complexity index is 646. The molecule has 1 heteroatoms. The van der Waals surface area contributed by atoms with E-state index in [4.69, 9.17) is 0 Å². The van der Waals surface area contributed by atoms with Crippen molar-refractivity contribution in [3.63, 3.8) is 0 Å². The fourth-order valence-corrected chi connectivity index (χ4v) is 7.80. The monoisotopic (exact) mass is 347 g/mol. The summed E-state index contributed by atoms with van der Waals surface area (Å²) in [7, 11) is -1.23. The Hall–Kier alpha value is -1.91. The lowest BCUT2D eigenvalue weighted by atomic mass is 10.2. The van der Waals surface area contributed by atoms with Gasteiger partial charge in [0.2, 0.25) is 0 Å². The molecule has 0 aliphatic rings. The summed E-state index contributed by atoms with van der Waals surface area (Å²) < 4.78 is 0. The molecule has 0 spiro atoms. The van der Waals surface area contributed by atoms with Gasteiger partial charge in [-0.05, 0) is 30.5 Å². The molecule has 0 bridgehead atoms. The van der Waals surface area contributed by atoms with Crippen LogP contribution in [0.4, 0.5) is 0 Å². The molecule has 0 aliphatic heterocycles. The second-order valence-corrected chi connectivity index (χ2v) is 11.7. The fourth-order valence-electron chi connectivity index (χ4n) is 3.56. The Morgan fingerprint density at radius 3 is 1.04 bits per heavy atom. The zero-order valence-corrected chi connectivity index (χ0v) is 16.2. The highest BCUT2D eigenvalue weighted by atomic mass is 31.2. The smallest absolute Gasteiger partial charge is 0.0622 e. The molecule has 0 radical (unpaired) electrons. The first kappa shape index (κ1) is 17.9. The molecule has 0 amide bonds. The van der Waals surface area contributed by atoms with Crippen LogP contribution in [0.15, 0.2) is 91.0 Å². The van der Waals surface area contributed by atoms with E-state index in [9.17, 15) is 0 Å². The van der Waals surface area contributed by atoms with Crippen LogP contribution in [0.2, 0.25) is 0 Å². The van der Waals surface area contributed by atoms with Gasteiger partial charge in [-0.2, -0.15) is 0 Å². The predicted molar refractivity (Wildman–Crippen MR) is 112 cm³/mol. The van der Waals surface area contributed by atoms with Crippen LogP contribution in [0.3, 0.4) is 0 Å². The van der Waals surface area contributed by atoms with Crippen molar-refractivity contribution in [1.82, 2.24) is 0 Å². The summed E-state index contributed by atoms with van der Waals surface area (Å²) in [6, 6.07) is 33.2. The van der Waals surface area contributed by atoms with Crippen molar-refractivity contribution in [3.05, 3.63) is 108 Å². The Morgan fingerprint density at radius 1 is 0.520 bits per heavy atom. The van der Waals surface area contributed by atoms with Gasteiger partial charge >= 0.3 is 0 Å². The second-order valence-electron chi connectivity index (χ2n) is 7.24. The van der Waals surface area contributed by atoms with E-state index in [1.807, 2.05) is 0 Å². The molecule has 0 unspecified atom stereocenters. The molecular formula is C24H28P+. The first-order valence-electron chi connectivity index (χ1n) is 9.15. The van der Waals surface area contributed by atoms with Gasteiger partial charge in [0.1, 0.15) is 0 Å². The molecule has 0 fully saturated rings. The van der Waals surface area contributed by atoms with E-state index in [2.05, 4.69) is 105 Å². The summed E-state index contributed by atoms with van der Waals surface area (Å²) in [5, 5.41) is 0. The van der Waals surface area contributed by atoms with Crippen LogP contribution in [-0.2, 0) is 18.5 Å². The predicted octanol–water partition coefficient (Wildman–Crippen LogP) is 7.01. The zero-order chi connectivity index (χ0) is 17.5. The zero-order valence-electron chi connectivity index (χ0n) is 15.3. The second kappa shape index (κ2) is 8.45. The van der Waals surface area contributed by atoms with E-state index >= 15 is 0 Å². The Kier molecular flexibility index (Phi) is 6.05. The average Bonchev–Trinajstić information content (AvgIpc) is 2.64. The fraction of sp³-hybridized carbons (Fsp3) is 0.250. The third-order valence-electron chi connectivity index (χ3n) is 5.12. The molecule has 0 nitrogen and oxygen atoms in total. The van der Waals surface area contributed by atoms with Crippen molar-refractivity contribution < 1.29 is 0 Å². The van der Waals surface area contributed by atoms with E-state index in [0.29, 0.717) is 5.66 Å². The SMILES string of the molecule is CC(C)[P+](Cc1ccccc1)(Cc1ccccc1)Cc1ccccc1. The van der Waals surface area contributed by atoms with Gasteiger partial charge in [-0.25, -0.2) is 0 Å². The van der Waals surface area contributed by atoms with Gasteiger partial charge in [0.15, 0.2) is 0 Å². The average molecular weight is 347 g/mol. The molecule has 0 N–H and O–H groups in total.